The summed E-state index contributed by atoms with van der Waals surface area (Å²) < 4.78 is 10.6. The second-order valence-electron chi connectivity index (χ2n) is 7.58. The van der Waals surface area contributed by atoms with E-state index in [1.807, 2.05) is 68.4 Å². The number of rotatable bonds is 9. The molecular formula is C25H28N2O4. The molecule has 0 saturated heterocycles. The predicted molar refractivity (Wildman–Crippen MR) is 118 cm³/mol. The monoisotopic (exact) mass is 420 g/mol. The number of nitrogens with one attached hydrogen (secondary N) is 1. The highest BCUT2D eigenvalue weighted by molar-refractivity contribution is 5.89. The van der Waals surface area contributed by atoms with Crippen LogP contribution in [-0.4, -0.2) is 23.8 Å². The smallest absolute Gasteiger partial charge is 0.247 e. The van der Waals surface area contributed by atoms with E-state index in [1.54, 1.807) is 30.4 Å². The molecule has 2 amide bonds. The molecule has 0 bridgehead atoms. The maximum Gasteiger partial charge on any atom is 0.247 e. The molecule has 1 N–H and O–H groups in total. The molecule has 6 nitrogen and oxygen atoms in total. The Bertz CT molecular complexity index is 967. The maximum absolute atomic E-state index is 13.3. The molecule has 2 aromatic carbocycles. The van der Waals surface area contributed by atoms with Crippen LogP contribution in [0.15, 0.2) is 77.4 Å². The summed E-state index contributed by atoms with van der Waals surface area (Å²) in [6.45, 7) is 4.23. The van der Waals surface area contributed by atoms with Gasteiger partial charge in [0.15, 0.2) is 0 Å². The number of amides is 2. The first-order valence-electron chi connectivity index (χ1n) is 10.3. The molecule has 1 heterocycles. The van der Waals surface area contributed by atoms with Gasteiger partial charge in [-0.25, -0.2) is 0 Å². The summed E-state index contributed by atoms with van der Waals surface area (Å²) in [6.07, 6.45) is 1.56. The van der Waals surface area contributed by atoms with Crippen molar-refractivity contribution in [1.82, 2.24) is 10.2 Å². The van der Waals surface area contributed by atoms with Crippen LogP contribution in [0.1, 0.15) is 36.8 Å². The highest BCUT2D eigenvalue weighted by Crippen LogP contribution is 2.26. The Balaban J connectivity index is 1.93. The van der Waals surface area contributed by atoms with E-state index in [4.69, 9.17) is 9.15 Å². The van der Waals surface area contributed by atoms with Crippen molar-refractivity contribution in [2.45, 2.75) is 33.0 Å². The summed E-state index contributed by atoms with van der Waals surface area (Å²) in [4.78, 5) is 28.2. The number of hydrogen-bond donors (Lipinski definition) is 1. The molecule has 0 saturated carbocycles. The molecule has 0 aliphatic rings. The van der Waals surface area contributed by atoms with Crippen LogP contribution in [0.25, 0.3) is 0 Å². The minimum absolute atomic E-state index is 0.0992. The van der Waals surface area contributed by atoms with E-state index in [1.165, 1.54) is 0 Å². The fraction of sp³-hybridized carbons (Fsp3) is 0.280. The second-order valence-corrected chi connectivity index (χ2v) is 7.58. The van der Waals surface area contributed by atoms with Crippen LogP contribution in [0, 0.1) is 5.92 Å². The van der Waals surface area contributed by atoms with E-state index in [0.717, 1.165) is 16.9 Å². The third-order valence-electron chi connectivity index (χ3n) is 4.98. The van der Waals surface area contributed by atoms with Crippen molar-refractivity contribution in [3.8, 4) is 5.75 Å². The van der Waals surface area contributed by atoms with E-state index >= 15 is 0 Å². The van der Waals surface area contributed by atoms with Gasteiger partial charge in [-0.05, 0) is 35.4 Å². The van der Waals surface area contributed by atoms with Gasteiger partial charge >= 0.3 is 0 Å². The zero-order chi connectivity index (χ0) is 22.2. The lowest BCUT2D eigenvalue weighted by molar-refractivity contribution is -0.144. The van der Waals surface area contributed by atoms with Crippen LogP contribution < -0.4 is 10.1 Å². The molecule has 6 heteroatoms. The summed E-state index contributed by atoms with van der Waals surface area (Å²) >= 11 is 0. The average molecular weight is 421 g/mol. The Labute approximate surface area is 182 Å². The Morgan fingerprint density at radius 1 is 1.00 bits per heavy atom. The third kappa shape index (κ3) is 5.75. The molecule has 31 heavy (non-hydrogen) atoms. The van der Waals surface area contributed by atoms with Crippen molar-refractivity contribution in [3.63, 3.8) is 0 Å². The van der Waals surface area contributed by atoms with E-state index in [0.29, 0.717) is 12.3 Å². The predicted octanol–water partition coefficient (Wildman–Crippen LogP) is 4.33. The van der Waals surface area contributed by atoms with Crippen molar-refractivity contribution in [2.24, 2.45) is 5.92 Å². The van der Waals surface area contributed by atoms with Gasteiger partial charge in [-0.1, -0.05) is 56.3 Å². The van der Waals surface area contributed by atoms with Crippen LogP contribution in [-0.2, 0) is 22.7 Å². The highest BCUT2D eigenvalue weighted by Gasteiger charge is 2.32. The van der Waals surface area contributed by atoms with Crippen molar-refractivity contribution in [1.29, 1.82) is 0 Å². The number of ether oxygens (including phenoxy) is 1. The molecule has 162 valence electrons. The number of carbonyl (C=O) groups is 2. The van der Waals surface area contributed by atoms with Gasteiger partial charge in [0, 0.05) is 12.5 Å². The Kier molecular flexibility index (Phi) is 7.49. The zero-order valence-corrected chi connectivity index (χ0v) is 18.1. The number of hydrogen-bond acceptors (Lipinski definition) is 4. The van der Waals surface area contributed by atoms with Crippen LogP contribution >= 0.6 is 0 Å². The minimum Gasteiger partial charge on any atom is -0.497 e. The number of furan rings is 1. The van der Waals surface area contributed by atoms with Gasteiger partial charge in [-0.15, -0.1) is 0 Å². The molecule has 1 aromatic heterocycles. The van der Waals surface area contributed by atoms with Crippen LogP contribution in [0.2, 0.25) is 0 Å². The summed E-state index contributed by atoms with van der Waals surface area (Å²) in [7, 11) is 1.61. The number of methoxy groups -OCH3 is 1. The summed E-state index contributed by atoms with van der Waals surface area (Å²) in [5, 5.41) is 2.92. The molecular weight excluding hydrogens is 392 g/mol. The van der Waals surface area contributed by atoms with Crippen LogP contribution in [0.4, 0.5) is 0 Å². The summed E-state index contributed by atoms with van der Waals surface area (Å²) in [5.74, 6) is 0.767. The van der Waals surface area contributed by atoms with E-state index in [9.17, 15) is 9.59 Å². The molecule has 1 unspecified atom stereocenters. The fourth-order valence-corrected chi connectivity index (χ4v) is 3.35. The third-order valence-corrected chi connectivity index (χ3v) is 4.98. The van der Waals surface area contributed by atoms with Gasteiger partial charge in [0.05, 0.1) is 19.9 Å². The molecule has 0 aliphatic heterocycles. The summed E-state index contributed by atoms with van der Waals surface area (Å²) in [5.41, 5.74) is 1.66. The van der Waals surface area contributed by atoms with E-state index in [-0.39, 0.29) is 24.3 Å². The minimum atomic E-state index is -0.770. The maximum atomic E-state index is 13.3. The summed E-state index contributed by atoms with van der Waals surface area (Å²) in [6, 6.07) is 19.7. The van der Waals surface area contributed by atoms with Crippen molar-refractivity contribution in [2.75, 3.05) is 7.11 Å². The van der Waals surface area contributed by atoms with Crippen molar-refractivity contribution < 1.29 is 18.7 Å². The molecule has 0 fully saturated rings. The molecule has 1 atom stereocenters. The van der Waals surface area contributed by atoms with Gasteiger partial charge < -0.3 is 19.4 Å². The van der Waals surface area contributed by atoms with Crippen molar-refractivity contribution >= 4 is 11.8 Å². The zero-order valence-electron chi connectivity index (χ0n) is 18.1. The Morgan fingerprint density at radius 2 is 1.71 bits per heavy atom. The van der Waals surface area contributed by atoms with Gasteiger partial charge in [0.25, 0.3) is 0 Å². The first-order valence-corrected chi connectivity index (χ1v) is 10.3. The molecule has 3 aromatic rings. The second kappa shape index (κ2) is 10.5. The average Bonchev–Trinajstić information content (AvgIpc) is 3.31. The van der Waals surface area contributed by atoms with E-state index in [2.05, 4.69) is 5.32 Å². The standard InChI is InChI=1S/C25H28N2O4/c1-18(2)25(29)27(17-19-11-13-21(30-3)14-12-19)23(20-8-5-4-6-9-20)24(28)26-16-22-10-7-15-31-22/h4-15,18,23H,16-17H2,1-3H3,(H,26,28). The molecule has 0 radical (unpaired) electrons. The number of benzene rings is 2. The topological polar surface area (TPSA) is 71.8 Å². The lowest BCUT2D eigenvalue weighted by atomic mass is 10.0. The normalized spacial score (nSPS) is 11.7. The molecule has 3 rings (SSSR count). The fourth-order valence-electron chi connectivity index (χ4n) is 3.35. The lowest BCUT2D eigenvalue weighted by Gasteiger charge is -2.33. The van der Waals surface area contributed by atoms with Gasteiger partial charge in [-0.3, -0.25) is 9.59 Å². The first-order chi connectivity index (χ1) is 15.0. The Hall–Kier alpha value is -3.54. The molecule has 0 spiro atoms. The van der Waals surface area contributed by atoms with Gasteiger partial charge in [0.2, 0.25) is 11.8 Å². The molecule has 0 aliphatic carbocycles. The van der Waals surface area contributed by atoms with Crippen LogP contribution in [0.3, 0.4) is 0 Å². The highest BCUT2D eigenvalue weighted by atomic mass is 16.5. The number of nitrogens with zero attached hydrogens (tertiary/aromatic N) is 1. The van der Waals surface area contributed by atoms with E-state index < -0.39 is 6.04 Å². The first kappa shape index (κ1) is 22.2. The van der Waals surface area contributed by atoms with Crippen LogP contribution in [0.5, 0.6) is 5.75 Å². The quantitative estimate of drug-likeness (QED) is 0.559. The van der Waals surface area contributed by atoms with Gasteiger partial charge in [-0.2, -0.15) is 0 Å². The Morgan fingerprint density at radius 3 is 2.29 bits per heavy atom. The number of carbonyl (C=O) groups excluding carboxylic acids is 2. The SMILES string of the molecule is COc1ccc(CN(C(=O)C(C)C)C(C(=O)NCc2ccco2)c2ccccc2)cc1. The lowest BCUT2D eigenvalue weighted by Crippen LogP contribution is -2.44. The van der Waals surface area contributed by atoms with Gasteiger partial charge in [0.1, 0.15) is 17.6 Å². The largest absolute Gasteiger partial charge is 0.497 e. The van der Waals surface area contributed by atoms with Crippen molar-refractivity contribution in [3.05, 3.63) is 89.9 Å².